The van der Waals surface area contributed by atoms with Crippen LogP contribution in [0.1, 0.15) is 80.3 Å². The van der Waals surface area contributed by atoms with E-state index in [2.05, 4.69) is 66.3 Å². The first-order valence-electron chi connectivity index (χ1n) is 11.2. The molecule has 0 aliphatic carbocycles. The van der Waals surface area contributed by atoms with Crippen molar-refractivity contribution in [1.29, 1.82) is 0 Å². The monoisotopic (exact) mass is 376 g/mol. The second-order valence-corrected chi connectivity index (χ2v) is 8.38. The van der Waals surface area contributed by atoms with Gasteiger partial charge in [0.25, 0.3) is 0 Å². The number of fused-ring (bicyclic) bond motifs is 1. The minimum absolute atomic E-state index is 1.08. The molecular formula is C26H36N2. The molecular weight excluding hydrogens is 340 g/mol. The standard InChI is InChI=1S/C26H36N2/c1-21-18-22(2)20-23(19-21)14-10-8-6-4-3-5-7-9-11-17-26-27-24-15-12-13-16-25(24)28-26/h12-13,15-16,18-20H,3-11,14,17H2,1-2H3,(H,27,28). The van der Waals surface area contributed by atoms with Gasteiger partial charge >= 0.3 is 0 Å². The Hall–Kier alpha value is -2.09. The normalized spacial score (nSPS) is 11.4. The number of nitrogens with one attached hydrogen (secondary N) is 1. The van der Waals surface area contributed by atoms with Gasteiger partial charge in [0.1, 0.15) is 5.82 Å². The molecule has 0 unspecified atom stereocenters. The van der Waals surface area contributed by atoms with Gasteiger partial charge in [0.15, 0.2) is 0 Å². The number of para-hydroxylation sites is 2. The van der Waals surface area contributed by atoms with Gasteiger partial charge in [-0.3, -0.25) is 0 Å². The number of aryl methyl sites for hydroxylation is 4. The lowest BCUT2D eigenvalue weighted by molar-refractivity contribution is 0.556. The number of hydrogen-bond donors (Lipinski definition) is 1. The zero-order valence-corrected chi connectivity index (χ0v) is 17.8. The lowest BCUT2D eigenvalue weighted by Gasteiger charge is -2.05. The number of aromatic nitrogens is 2. The maximum atomic E-state index is 4.66. The molecule has 150 valence electrons. The highest BCUT2D eigenvalue weighted by molar-refractivity contribution is 5.74. The van der Waals surface area contributed by atoms with E-state index in [1.807, 2.05) is 0 Å². The van der Waals surface area contributed by atoms with Crippen LogP contribution in [0.5, 0.6) is 0 Å². The Morgan fingerprint density at radius 1 is 0.679 bits per heavy atom. The molecule has 0 bridgehead atoms. The topological polar surface area (TPSA) is 28.7 Å². The first-order valence-corrected chi connectivity index (χ1v) is 11.2. The summed E-state index contributed by atoms with van der Waals surface area (Å²) in [7, 11) is 0. The summed E-state index contributed by atoms with van der Waals surface area (Å²) in [6.45, 7) is 4.40. The molecule has 1 aromatic heterocycles. The Kier molecular flexibility index (Phi) is 8.14. The molecule has 2 nitrogen and oxygen atoms in total. The summed E-state index contributed by atoms with van der Waals surface area (Å²) in [6.07, 6.45) is 14.5. The van der Waals surface area contributed by atoms with E-state index < -0.39 is 0 Å². The molecule has 0 atom stereocenters. The maximum absolute atomic E-state index is 4.66. The Balaban J connectivity index is 1.16. The molecule has 1 N–H and O–H groups in total. The van der Waals surface area contributed by atoms with Crippen molar-refractivity contribution in [3.05, 3.63) is 65.0 Å². The zero-order valence-electron chi connectivity index (χ0n) is 17.8. The predicted molar refractivity (Wildman–Crippen MR) is 121 cm³/mol. The Morgan fingerprint density at radius 3 is 1.89 bits per heavy atom. The second-order valence-electron chi connectivity index (χ2n) is 8.38. The fraction of sp³-hybridized carbons (Fsp3) is 0.500. The largest absolute Gasteiger partial charge is 0.342 e. The van der Waals surface area contributed by atoms with Crippen LogP contribution in [0, 0.1) is 13.8 Å². The summed E-state index contributed by atoms with van der Waals surface area (Å²) in [5.74, 6) is 1.14. The van der Waals surface area contributed by atoms with E-state index in [1.165, 1.54) is 80.9 Å². The van der Waals surface area contributed by atoms with Crippen LogP contribution in [0.2, 0.25) is 0 Å². The molecule has 0 aliphatic rings. The van der Waals surface area contributed by atoms with Crippen LogP contribution in [-0.4, -0.2) is 9.97 Å². The highest BCUT2D eigenvalue weighted by atomic mass is 14.9. The molecule has 2 aromatic carbocycles. The molecule has 3 aromatic rings. The molecule has 1 heterocycles. The number of benzene rings is 2. The number of H-pyrrole nitrogens is 1. The van der Waals surface area contributed by atoms with Crippen molar-refractivity contribution < 1.29 is 0 Å². The lowest BCUT2D eigenvalue weighted by atomic mass is 10.0. The molecule has 2 heteroatoms. The van der Waals surface area contributed by atoms with E-state index in [4.69, 9.17) is 0 Å². The lowest BCUT2D eigenvalue weighted by Crippen LogP contribution is -1.90. The Bertz CT molecular complexity index is 793. The quantitative estimate of drug-likeness (QED) is 0.326. The van der Waals surface area contributed by atoms with Gasteiger partial charge in [0.05, 0.1) is 11.0 Å². The van der Waals surface area contributed by atoms with Crippen LogP contribution < -0.4 is 0 Å². The highest BCUT2D eigenvalue weighted by Crippen LogP contribution is 2.16. The molecule has 3 rings (SSSR count). The van der Waals surface area contributed by atoms with Gasteiger partial charge in [0, 0.05) is 6.42 Å². The molecule has 0 spiro atoms. The van der Waals surface area contributed by atoms with E-state index in [9.17, 15) is 0 Å². The van der Waals surface area contributed by atoms with Crippen LogP contribution in [0.25, 0.3) is 11.0 Å². The second kappa shape index (κ2) is 11.0. The highest BCUT2D eigenvalue weighted by Gasteiger charge is 2.01. The van der Waals surface area contributed by atoms with Gasteiger partial charge in [0.2, 0.25) is 0 Å². The fourth-order valence-corrected chi connectivity index (χ4v) is 4.20. The molecule has 0 radical (unpaired) electrons. The van der Waals surface area contributed by atoms with Crippen molar-refractivity contribution in [3.8, 4) is 0 Å². The average molecular weight is 377 g/mol. The van der Waals surface area contributed by atoms with Crippen molar-refractivity contribution in [1.82, 2.24) is 9.97 Å². The summed E-state index contributed by atoms with van der Waals surface area (Å²) in [6, 6.07) is 15.3. The maximum Gasteiger partial charge on any atom is 0.107 e. The van der Waals surface area contributed by atoms with Crippen LogP contribution in [-0.2, 0) is 12.8 Å². The van der Waals surface area contributed by atoms with Crippen molar-refractivity contribution in [2.45, 2.75) is 84.5 Å². The van der Waals surface area contributed by atoms with E-state index in [0.717, 1.165) is 23.3 Å². The SMILES string of the molecule is Cc1cc(C)cc(CCCCCCCCCCCc2nc3ccccc3[nH]2)c1. The van der Waals surface area contributed by atoms with E-state index in [0.29, 0.717) is 0 Å². The summed E-state index contributed by atoms with van der Waals surface area (Å²) >= 11 is 0. The molecule has 0 fully saturated rings. The van der Waals surface area contributed by atoms with Crippen molar-refractivity contribution in [3.63, 3.8) is 0 Å². The Labute approximate surface area is 170 Å². The van der Waals surface area contributed by atoms with Gasteiger partial charge in [-0.05, 0) is 50.8 Å². The molecule has 0 amide bonds. The fourth-order valence-electron chi connectivity index (χ4n) is 4.20. The number of rotatable bonds is 12. The number of imidazole rings is 1. The number of aromatic amines is 1. The first-order chi connectivity index (χ1) is 13.7. The van der Waals surface area contributed by atoms with Gasteiger partial charge in [-0.1, -0.05) is 86.4 Å². The zero-order chi connectivity index (χ0) is 19.6. The van der Waals surface area contributed by atoms with Crippen molar-refractivity contribution in [2.75, 3.05) is 0 Å². The van der Waals surface area contributed by atoms with E-state index in [1.54, 1.807) is 0 Å². The van der Waals surface area contributed by atoms with Crippen LogP contribution in [0.15, 0.2) is 42.5 Å². The third-order valence-corrected chi connectivity index (χ3v) is 5.60. The van der Waals surface area contributed by atoms with Crippen LogP contribution in [0.4, 0.5) is 0 Å². The summed E-state index contributed by atoms with van der Waals surface area (Å²) in [5, 5.41) is 0. The third-order valence-electron chi connectivity index (χ3n) is 5.60. The summed E-state index contributed by atoms with van der Waals surface area (Å²) in [4.78, 5) is 8.10. The molecule has 0 saturated carbocycles. The Morgan fingerprint density at radius 2 is 1.25 bits per heavy atom. The smallest absolute Gasteiger partial charge is 0.107 e. The third kappa shape index (κ3) is 6.82. The summed E-state index contributed by atoms with van der Waals surface area (Å²) in [5.41, 5.74) is 6.57. The van der Waals surface area contributed by atoms with Crippen LogP contribution >= 0.6 is 0 Å². The minimum atomic E-state index is 1.08. The van der Waals surface area contributed by atoms with Gasteiger partial charge in [-0.2, -0.15) is 0 Å². The van der Waals surface area contributed by atoms with Crippen molar-refractivity contribution in [2.24, 2.45) is 0 Å². The van der Waals surface area contributed by atoms with E-state index >= 15 is 0 Å². The average Bonchev–Trinajstić information content (AvgIpc) is 3.08. The number of unbranched alkanes of at least 4 members (excludes halogenated alkanes) is 8. The van der Waals surface area contributed by atoms with Gasteiger partial charge in [-0.15, -0.1) is 0 Å². The molecule has 0 saturated heterocycles. The summed E-state index contributed by atoms with van der Waals surface area (Å²) < 4.78 is 0. The number of hydrogen-bond acceptors (Lipinski definition) is 1. The van der Waals surface area contributed by atoms with Gasteiger partial charge < -0.3 is 4.98 Å². The minimum Gasteiger partial charge on any atom is -0.342 e. The van der Waals surface area contributed by atoms with Crippen molar-refractivity contribution >= 4 is 11.0 Å². The van der Waals surface area contributed by atoms with E-state index in [-0.39, 0.29) is 0 Å². The number of nitrogens with zero attached hydrogens (tertiary/aromatic N) is 1. The van der Waals surface area contributed by atoms with Gasteiger partial charge in [-0.25, -0.2) is 4.98 Å². The molecule has 0 aliphatic heterocycles. The predicted octanol–water partition coefficient (Wildman–Crippen LogP) is 7.48. The first kappa shape index (κ1) is 20.6. The van der Waals surface area contributed by atoms with Crippen LogP contribution in [0.3, 0.4) is 0 Å². The molecule has 28 heavy (non-hydrogen) atoms.